The maximum Gasteiger partial charge on any atom is 0.129 e. The Balaban J connectivity index is 1.54. The number of imidazole rings is 1. The molecule has 3 heterocycles. The zero-order valence-electron chi connectivity index (χ0n) is 18.7. The van der Waals surface area contributed by atoms with Gasteiger partial charge in [0, 0.05) is 15.9 Å². The Hall–Kier alpha value is -1.76. The van der Waals surface area contributed by atoms with E-state index in [-0.39, 0.29) is 5.54 Å². The van der Waals surface area contributed by atoms with Crippen molar-refractivity contribution < 1.29 is 0 Å². The molecule has 5 rings (SSSR count). The van der Waals surface area contributed by atoms with E-state index in [2.05, 4.69) is 102 Å². The lowest BCUT2D eigenvalue weighted by molar-refractivity contribution is -0.0558. The highest BCUT2D eigenvalue weighted by Crippen LogP contribution is 2.46. The molecule has 0 bridgehead atoms. The van der Waals surface area contributed by atoms with E-state index in [1.165, 1.54) is 27.2 Å². The molecule has 2 aromatic carbocycles. The molecule has 6 heteroatoms. The molecule has 4 nitrogen and oxygen atoms in total. The number of hydrazine groups is 1. The van der Waals surface area contributed by atoms with Gasteiger partial charge in [-0.25, -0.2) is 9.99 Å². The van der Waals surface area contributed by atoms with E-state index in [0.717, 1.165) is 40.7 Å². The summed E-state index contributed by atoms with van der Waals surface area (Å²) in [6.07, 6.45) is 5.93. The molecule has 2 atom stereocenters. The Bertz CT molecular complexity index is 1200. The smallest absolute Gasteiger partial charge is 0.129 e. The number of nitrogens with one attached hydrogen (secondary N) is 1. The van der Waals surface area contributed by atoms with Crippen LogP contribution in [-0.2, 0) is 5.54 Å². The number of aromatic amines is 1. The van der Waals surface area contributed by atoms with E-state index in [4.69, 9.17) is 4.98 Å². The largest absolute Gasteiger partial charge is 0.340 e. The first-order valence-electron chi connectivity index (χ1n) is 10.9. The number of aromatic nitrogens is 2. The SMILES string of the molecule is Cc1ccccc1C1=[C]N(N2CCC[C@@]2(C)c2nc3c(C)c(C)c(Br)cc3[nH]2)C(C)S1. The van der Waals surface area contributed by atoms with Crippen LogP contribution in [0.5, 0.6) is 0 Å². The highest BCUT2D eigenvalue weighted by Gasteiger charge is 2.46. The number of fused-ring (bicyclic) bond motifs is 1. The third kappa shape index (κ3) is 3.35. The van der Waals surface area contributed by atoms with Gasteiger partial charge in [-0.1, -0.05) is 52.0 Å². The summed E-state index contributed by atoms with van der Waals surface area (Å²) in [4.78, 5) is 10.00. The number of benzene rings is 2. The first kappa shape index (κ1) is 21.1. The Labute approximate surface area is 197 Å². The van der Waals surface area contributed by atoms with Crippen molar-refractivity contribution in [2.75, 3.05) is 6.54 Å². The van der Waals surface area contributed by atoms with E-state index < -0.39 is 0 Å². The number of rotatable bonds is 3. The van der Waals surface area contributed by atoms with Crippen LogP contribution in [0.25, 0.3) is 15.9 Å². The summed E-state index contributed by atoms with van der Waals surface area (Å²) in [6, 6.07) is 10.7. The molecule has 1 aromatic heterocycles. The summed E-state index contributed by atoms with van der Waals surface area (Å²) < 4.78 is 1.13. The van der Waals surface area contributed by atoms with Gasteiger partial charge in [-0.2, -0.15) is 0 Å². The van der Waals surface area contributed by atoms with Crippen molar-refractivity contribution >= 4 is 43.6 Å². The number of hydrogen-bond acceptors (Lipinski definition) is 4. The van der Waals surface area contributed by atoms with E-state index in [1.807, 2.05) is 11.8 Å². The minimum atomic E-state index is -0.186. The molecule has 1 fully saturated rings. The molecule has 1 saturated heterocycles. The molecular weight excluding hydrogens is 468 g/mol. The number of thioether (sulfide) groups is 1. The third-order valence-electron chi connectivity index (χ3n) is 6.89. The monoisotopic (exact) mass is 495 g/mol. The number of halogens is 1. The summed E-state index contributed by atoms with van der Waals surface area (Å²) in [6.45, 7) is 12.1. The molecule has 1 N–H and O–H groups in total. The molecule has 161 valence electrons. The molecule has 0 saturated carbocycles. The Kier molecular flexibility index (Phi) is 5.23. The first-order chi connectivity index (χ1) is 14.8. The van der Waals surface area contributed by atoms with E-state index in [1.54, 1.807) is 0 Å². The van der Waals surface area contributed by atoms with Crippen molar-refractivity contribution in [2.45, 2.75) is 58.4 Å². The van der Waals surface area contributed by atoms with Gasteiger partial charge in [0.2, 0.25) is 0 Å². The van der Waals surface area contributed by atoms with Crippen molar-refractivity contribution in [2.24, 2.45) is 0 Å². The normalized spacial score (nSPS) is 24.4. The molecule has 2 aliphatic heterocycles. The van der Waals surface area contributed by atoms with Crippen LogP contribution in [0.15, 0.2) is 34.8 Å². The predicted octanol–water partition coefficient (Wildman–Crippen LogP) is 6.67. The second-order valence-corrected chi connectivity index (χ2v) is 11.1. The zero-order chi connectivity index (χ0) is 21.9. The van der Waals surface area contributed by atoms with Crippen LogP contribution < -0.4 is 0 Å². The van der Waals surface area contributed by atoms with Gasteiger partial charge in [-0.05, 0) is 75.8 Å². The highest BCUT2D eigenvalue weighted by atomic mass is 79.9. The van der Waals surface area contributed by atoms with Gasteiger partial charge in [0.05, 0.1) is 28.1 Å². The van der Waals surface area contributed by atoms with Crippen molar-refractivity contribution in [1.82, 2.24) is 20.0 Å². The molecule has 0 amide bonds. The third-order valence-corrected chi connectivity index (χ3v) is 8.80. The minimum Gasteiger partial charge on any atom is -0.340 e. The number of hydrogen-bond donors (Lipinski definition) is 1. The fraction of sp³-hybridized carbons (Fsp3) is 0.400. The van der Waals surface area contributed by atoms with Gasteiger partial charge in [0.1, 0.15) is 5.82 Å². The molecule has 0 aliphatic carbocycles. The summed E-state index contributed by atoms with van der Waals surface area (Å²) in [7, 11) is 0. The maximum absolute atomic E-state index is 5.12. The summed E-state index contributed by atoms with van der Waals surface area (Å²) in [5, 5.41) is 5.10. The second kappa shape index (κ2) is 7.68. The molecule has 31 heavy (non-hydrogen) atoms. The highest BCUT2D eigenvalue weighted by molar-refractivity contribution is 9.10. The Morgan fingerprint density at radius 3 is 2.77 bits per heavy atom. The van der Waals surface area contributed by atoms with Gasteiger partial charge in [0.25, 0.3) is 0 Å². The topological polar surface area (TPSA) is 35.2 Å². The van der Waals surface area contributed by atoms with Crippen LogP contribution >= 0.6 is 27.7 Å². The first-order valence-corrected chi connectivity index (χ1v) is 12.6. The Morgan fingerprint density at radius 2 is 2.00 bits per heavy atom. The fourth-order valence-electron chi connectivity index (χ4n) is 4.81. The quantitative estimate of drug-likeness (QED) is 0.439. The number of aryl methyl sites for hydroxylation is 2. The summed E-state index contributed by atoms with van der Waals surface area (Å²) >= 11 is 5.59. The van der Waals surface area contributed by atoms with Crippen LogP contribution in [0, 0.1) is 27.0 Å². The minimum absolute atomic E-state index is 0.186. The van der Waals surface area contributed by atoms with Crippen molar-refractivity contribution in [3.05, 3.63) is 69.1 Å². The molecule has 0 spiro atoms. The second-order valence-electron chi connectivity index (χ2n) is 8.91. The lowest BCUT2D eigenvalue weighted by Crippen LogP contribution is -2.50. The van der Waals surface area contributed by atoms with E-state index in [0.29, 0.717) is 5.37 Å². The van der Waals surface area contributed by atoms with Crippen molar-refractivity contribution in [3.63, 3.8) is 0 Å². The van der Waals surface area contributed by atoms with Crippen molar-refractivity contribution in [1.29, 1.82) is 0 Å². The standard InChI is InChI=1S/C25H28BrN4S/c1-15-9-6-7-10-19(15)22-14-29(18(4)31-22)30-12-8-11-25(30,5)24-27-21-13-20(26)16(2)17(3)23(21)28-24/h6-7,9-10,13,18H,8,11-12H2,1-5H3,(H,27,28)/t18?,25-/m0/s1. The lowest BCUT2D eigenvalue weighted by Gasteiger charge is -2.41. The molecule has 3 aromatic rings. The van der Waals surface area contributed by atoms with Crippen LogP contribution in [-0.4, -0.2) is 31.9 Å². The fourth-order valence-corrected chi connectivity index (χ4v) is 6.44. The van der Waals surface area contributed by atoms with Gasteiger partial charge in [-0.3, -0.25) is 5.01 Å². The Morgan fingerprint density at radius 1 is 1.23 bits per heavy atom. The van der Waals surface area contributed by atoms with Gasteiger partial charge < -0.3 is 4.98 Å². The van der Waals surface area contributed by atoms with Crippen molar-refractivity contribution in [3.8, 4) is 0 Å². The van der Waals surface area contributed by atoms with Gasteiger partial charge >= 0.3 is 0 Å². The van der Waals surface area contributed by atoms with Crippen LogP contribution in [0.1, 0.15) is 54.8 Å². The molecular formula is C25H28BrN4S. The number of nitrogens with zero attached hydrogens (tertiary/aromatic N) is 3. The van der Waals surface area contributed by atoms with E-state index >= 15 is 0 Å². The predicted molar refractivity (Wildman–Crippen MR) is 133 cm³/mol. The molecule has 1 radical (unpaired) electrons. The zero-order valence-corrected chi connectivity index (χ0v) is 21.1. The van der Waals surface area contributed by atoms with Crippen LogP contribution in [0.2, 0.25) is 0 Å². The van der Waals surface area contributed by atoms with Gasteiger partial charge in [0.15, 0.2) is 0 Å². The summed E-state index contributed by atoms with van der Waals surface area (Å²) in [5.41, 5.74) is 7.05. The maximum atomic E-state index is 5.12. The van der Waals surface area contributed by atoms with Crippen LogP contribution in [0.4, 0.5) is 0 Å². The molecule has 2 aliphatic rings. The van der Waals surface area contributed by atoms with E-state index in [9.17, 15) is 0 Å². The average molecular weight is 496 g/mol. The number of H-pyrrole nitrogens is 1. The average Bonchev–Trinajstić information content (AvgIpc) is 3.44. The summed E-state index contributed by atoms with van der Waals surface area (Å²) in [5.74, 6) is 1.05. The molecule has 1 unspecified atom stereocenters. The van der Waals surface area contributed by atoms with Gasteiger partial charge in [-0.15, -0.1) is 0 Å². The van der Waals surface area contributed by atoms with Crippen LogP contribution in [0.3, 0.4) is 0 Å². The lowest BCUT2D eigenvalue weighted by atomic mass is 9.99.